The third-order valence-electron chi connectivity index (χ3n) is 4.21. The maximum atomic E-state index is 12.1. The number of rotatable bonds is 4. The first-order valence-electron chi connectivity index (χ1n) is 6.88. The summed E-state index contributed by atoms with van der Waals surface area (Å²) in [5, 5.41) is 10.0. The number of benzene rings is 1. The number of ketones is 1. The number of hydrogen-bond acceptors (Lipinski definition) is 2. The highest BCUT2D eigenvalue weighted by atomic mass is 16.3. The van der Waals surface area contributed by atoms with Gasteiger partial charge in [-0.15, -0.1) is 0 Å². The van der Waals surface area contributed by atoms with Crippen molar-refractivity contribution in [1.29, 1.82) is 0 Å². The molecule has 2 heteroatoms. The number of hydrogen-bond donors (Lipinski definition) is 1. The minimum absolute atomic E-state index is 0.0216. The van der Waals surface area contributed by atoms with E-state index in [-0.39, 0.29) is 5.78 Å². The molecule has 1 N–H and O–H groups in total. The first-order valence-corrected chi connectivity index (χ1v) is 6.88. The van der Waals surface area contributed by atoms with E-state index in [1.165, 1.54) is 11.1 Å². The van der Waals surface area contributed by atoms with Crippen molar-refractivity contribution in [3.63, 3.8) is 0 Å². The zero-order valence-corrected chi connectivity index (χ0v) is 11.3. The molecule has 2 atom stereocenters. The lowest BCUT2D eigenvalue weighted by atomic mass is 9.78. The van der Waals surface area contributed by atoms with Gasteiger partial charge in [0.15, 0.2) is 5.78 Å². The summed E-state index contributed by atoms with van der Waals surface area (Å²) in [7, 11) is 0. The SMILES string of the molecule is CCC(C)(O)C(=O)CC1CCCc2ccccc21. The second kappa shape index (κ2) is 5.23. The van der Waals surface area contributed by atoms with Gasteiger partial charge in [0.2, 0.25) is 0 Å². The van der Waals surface area contributed by atoms with E-state index in [4.69, 9.17) is 0 Å². The lowest BCUT2D eigenvalue weighted by Crippen LogP contribution is -2.35. The minimum atomic E-state index is -1.16. The maximum absolute atomic E-state index is 12.1. The Morgan fingerprint density at radius 2 is 2.17 bits per heavy atom. The molecule has 2 unspecified atom stereocenters. The maximum Gasteiger partial charge on any atom is 0.164 e. The topological polar surface area (TPSA) is 37.3 Å². The molecule has 1 aromatic rings. The molecule has 0 fully saturated rings. The highest BCUT2D eigenvalue weighted by Crippen LogP contribution is 2.35. The highest BCUT2D eigenvalue weighted by molar-refractivity contribution is 5.87. The average molecular weight is 246 g/mol. The van der Waals surface area contributed by atoms with Crippen molar-refractivity contribution in [2.45, 2.75) is 57.5 Å². The lowest BCUT2D eigenvalue weighted by molar-refractivity contribution is -0.136. The van der Waals surface area contributed by atoms with Gasteiger partial charge < -0.3 is 5.11 Å². The summed E-state index contributed by atoms with van der Waals surface area (Å²) in [4.78, 5) is 12.1. The van der Waals surface area contributed by atoms with Gasteiger partial charge in [0.25, 0.3) is 0 Å². The Balaban J connectivity index is 2.15. The standard InChI is InChI=1S/C16H22O2/c1-3-16(2,18)15(17)11-13-9-6-8-12-7-4-5-10-14(12)13/h4-5,7,10,13,18H,3,6,8-9,11H2,1-2H3. The Morgan fingerprint density at radius 1 is 1.44 bits per heavy atom. The molecule has 0 spiro atoms. The van der Waals surface area contributed by atoms with E-state index in [0.717, 1.165) is 19.3 Å². The van der Waals surface area contributed by atoms with Crippen LogP contribution in [0.4, 0.5) is 0 Å². The molecule has 18 heavy (non-hydrogen) atoms. The number of aliphatic hydroxyl groups is 1. The summed E-state index contributed by atoms with van der Waals surface area (Å²) in [6.45, 7) is 3.48. The van der Waals surface area contributed by atoms with Crippen molar-refractivity contribution in [3.8, 4) is 0 Å². The van der Waals surface area contributed by atoms with Gasteiger partial charge in [-0.05, 0) is 49.7 Å². The normalized spacial score (nSPS) is 22.1. The van der Waals surface area contributed by atoms with Crippen molar-refractivity contribution in [3.05, 3.63) is 35.4 Å². The van der Waals surface area contributed by atoms with Gasteiger partial charge in [0, 0.05) is 6.42 Å². The largest absolute Gasteiger partial charge is 0.382 e. The molecule has 98 valence electrons. The van der Waals surface area contributed by atoms with Gasteiger partial charge in [-0.3, -0.25) is 4.79 Å². The molecule has 1 aliphatic rings. The van der Waals surface area contributed by atoms with Crippen LogP contribution in [0.2, 0.25) is 0 Å². The molecule has 0 radical (unpaired) electrons. The fourth-order valence-corrected chi connectivity index (χ4v) is 2.71. The fraction of sp³-hybridized carbons (Fsp3) is 0.562. The van der Waals surface area contributed by atoms with E-state index in [1.807, 2.05) is 13.0 Å². The minimum Gasteiger partial charge on any atom is -0.382 e. The highest BCUT2D eigenvalue weighted by Gasteiger charge is 2.31. The molecule has 0 aliphatic heterocycles. The predicted octanol–water partition coefficient (Wildman–Crippen LogP) is 3.23. The Kier molecular flexibility index (Phi) is 3.86. The summed E-state index contributed by atoms with van der Waals surface area (Å²) >= 11 is 0. The summed E-state index contributed by atoms with van der Waals surface area (Å²) in [5.41, 5.74) is 1.52. The average Bonchev–Trinajstić information content (AvgIpc) is 2.39. The van der Waals surface area contributed by atoms with Crippen LogP contribution in [0.5, 0.6) is 0 Å². The van der Waals surface area contributed by atoms with E-state index in [2.05, 4.69) is 18.2 Å². The van der Waals surface area contributed by atoms with Crippen molar-refractivity contribution in [2.24, 2.45) is 0 Å². The van der Waals surface area contributed by atoms with Crippen LogP contribution >= 0.6 is 0 Å². The van der Waals surface area contributed by atoms with Gasteiger partial charge in [-0.2, -0.15) is 0 Å². The number of fused-ring (bicyclic) bond motifs is 1. The van der Waals surface area contributed by atoms with Crippen molar-refractivity contribution in [1.82, 2.24) is 0 Å². The summed E-state index contributed by atoms with van der Waals surface area (Å²) in [6, 6.07) is 8.39. The van der Waals surface area contributed by atoms with Gasteiger partial charge >= 0.3 is 0 Å². The molecular weight excluding hydrogens is 224 g/mol. The van der Waals surface area contributed by atoms with E-state index in [9.17, 15) is 9.90 Å². The number of aryl methyl sites for hydroxylation is 1. The van der Waals surface area contributed by atoms with Gasteiger partial charge in [-0.1, -0.05) is 31.2 Å². The molecule has 0 bridgehead atoms. The molecule has 2 rings (SSSR count). The van der Waals surface area contributed by atoms with Crippen LogP contribution in [-0.4, -0.2) is 16.5 Å². The van der Waals surface area contributed by atoms with Crippen LogP contribution < -0.4 is 0 Å². The molecule has 0 saturated carbocycles. The summed E-state index contributed by atoms with van der Waals surface area (Å²) in [5.74, 6) is 0.271. The van der Waals surface area contributed by atoms with Crippen LogP contribution in [0.25, 0.3) is 0 Å². The zero-order chi connectivity index (χ0) is 13.2. The number of Topliss-reactive ketones (excluding diaryl/α,β-unsaturated/α-hetero) is 1. The van der Waals surface area contributed by atoms with Crippen molar-refractivity contribution >= 4 is 5.78 Å². The molecule has 0 saturated heterocycles. The van der Waals surface area contributed by atoms with Crippen molar-refractivity contribution in [2.75, 3.05) is 0 Å². The van der Waals surface area contributed by atoms with Gasteiger partial charge in [0.1, 0.15) is 5.60 Å². The quantitative estimate of drug-likeness (QED) is 0.885. The number of carbonyl (C=O) groups is 1. The Hall–Kier alpha value is -1.15. The van der Waals surface area contributed by atoms with Crippen LogP contribution in [0, 0.1) is 0 Å². The molecule has 1 aliphatic carbocycles. The summed E-state index contributed by atoms with van der Waals surface area (Å²) < 4.78 is 0. The monoisotopic (exact) mass is 246 g/mol. The van der Waals surface area contributed by atoms with Crippen LogP contribution in [0.3, 0.4) is 0 Å². The second-order valence-electron chi connectivity index (χ2n) is 5.54. The van der Waals surface area contributed by atoms with E-state index < -0.39 is 5.60 Å². The van der Waals surface area contributed by atoms with Crippen LogP contribution in [-0.2, 0) is 11.2 Å². The molecule has 0 aromatic heterocycles. The van der Waals surface area contributed by atoms with Crippen molar-refractivity contribution < 1.29 is 9.90 Å². The first kappa shape index (κ1) is 13.3. The first-order chi connectivity index (χ1) is 8.54. The molecule has 2 nitrogen and oxygen atoms in total. The zero-order valence-electron chi connectivity index (χ0n) is 11.3. The Bertz CT molecular complexity index is 434. The van der Waals surface area contributed by atoms with E-state index >= 15 is 0 Å². The Morgan fingerprint density at radius 3 is 2.89 bits per heavy atom. The number of carbonyl (C=O) groups excluding carboxylic acids is 1. The smallest absolute Gasteiger partial charge is 0.164 e. The second-order valence-corrected chi connectivity index (χ2v) is 5.54. The lowest BCUT2D eigenvalue weighted by Gasteiger charge is -2.28. The molecule has 1 aromatic carbocycles. The van der Waals surface area contributed by atoms with E-state index in [1.54, 1.807) is 6.92 Å². The van der Waals surface area contributed by atoms with Crippen LogP contribution in [0.1, 0.15) is 56.6 Å². The molecular formula is C16H22O2. The van der Waals surface area contributed by atoms with Gasteiger partial charge in [0.05, 0.1) is 0 Å². The fourth-order valence-electron chi connectivity index (χ4n) is 2.71. The third-order valence-corrected chi connectivity index (χ3v) is 4.21. The van der Waals surface area contributed by atoms with Crippen LogP contribution in [0.15, 0.2) is 24.3 Å². The molecule has 0 heterocycles. The van der Waals surface area contributed by atoms with E-state index in [0.29, 0.717) is 18.8 Å². The third kappa shape index (κ3) is 2.64. The predicted molar refractivity (Wildman–Crippen MR) is 72.7 cm³/mol. The molecule has 0 amide bonds. The Labute approximate surface area is 109 Å². The summed E-state index contributed by atoms with van der Waals surface area (Å²) in [6.07, 6.45) is 4.27. The van der Waals surface area contributed by atoms with Gasteiger partial charge in [-0.25, -0.2) is 0 Å².